The summed E-state index contributed by atoms with van der Waals surface area (Å²) >= 11 is 0. The van der Waals surface area contributed by atoms with Crippen LogP contribution in [0.3, 0.4) is 0 Å². The summed E-state index contributed by atoms with van der Waals surface area (Å²) in [5, 5.41) is 4.88. The maximum Gasteiger partial charge on any atom is 0.0949 e. The second-order valence-corrected chi connectivity index (χ2v) is 9.10. The monoisotopic (exact) mass is 442 g/mol. The molecule has 1 aliphatic rings. The molecule has 2 heteroatoms. The predicted octanol–water partition coefficient (Wildman–Crippen LogP) is 7.91. The van der Waals surface area contributed by atoms with Gasteiger partial charge in [0.2, 0.25) is 0 Å². The Kier molecular flexibility index (Phi) is 5.90. The summed E-state index contributed by atoms with van der Waals surface area (Å²) in [6, 6.07) is 24.4. The summed E-state index contributed by atoms with van der Waals surface area (Å²) in [6.07, 6.45) is 7.96. The molecule has 5 rings (SSSR count). The number of pyridine rings is 1. The zero-order chi connectivity index (χ0) is 23.7. The number of aryl methyl sites for hydroxylation is 1. The van der Waals surface area contributed by atoms with Gasteiger partial charge in [-0.05, 0) is 66.1 Å². The number of fused-ring (bicyclic) bond motifs is 3. The largest absolute Gasteiger partial charge is 0.377 e. The van der Waals surface area contributed by atoms with Gasteiger partial charge in [0, 0.05) is 22.7 Å². The summed E-state index contributed by atoms with van der Waals surface area (Å²) in [4.78, 5) is 5.02. The van der Waals surface area contributed by atoms with Gasteiger partial charge in [0.25, 0.3) is 0 Å². The number of anilines is 1. The number of nitrogens with zero attached hydrogens (tertiary/aromatic N) is 1. The normalized spacial score (nSPS) is 14.8. The first-order chi connectivity index (χ1) is 16.6. The molecule has 0 amide bonds. The van der Waals surface area contributed by atoms with Crippen LogP contribution in [0, 0.1) is 6.92 Å². The summed E-state index contributed by atoms with van der Waals surface area (Å²) in [6.45, 7) is 12.1. The van der Waals surface area contributed by atoms with Crippen molar-refractivity contribution >= 4 is 22.2 Å². The van der Waals surface area contributed by atoms with E-state index in [0.717, 1.165) is 29.7 Å². The molecule has 1 atom stereocenters. The van der Waals surface area contributed by atoms with Gasteiger partial charge < -0.3 is 5.32 Å². The Balaban J connectivity index is 1.69. The molecule has 0 radical (unpaired) electrons. The fraction of sp³-hybridized carbons (Fsp3) is 0.156. The fourth-order valence-electron chi connectivity index (χ4n) is 4.96. The first-order valence-electron chi connectivity index (χ1n) is 11.9. The number of rotatable bonds is 6. The van der Waals surface area contributed by atoms with E-state index < -0.39 is 0 Å². The molecule has 1 unspecified atom stereocenters. The topological polar surface area (TPSA) is 24.9 Å². The molecule has 3 aromatic carbocycles. The third-order valence-electron chi connectivity index (χ3n) is 6.42. The third kappa shape index (κ3) is 4.08. The standard InChI is InChI=1S/C32H30N2/c1-5-9-23-11-7-13-25(19-23)29-17-21(3)33-31-27(29)15-16-28-30(18-22(4)34-32(28)31)26-14-8-12-24(20-26)10-6-2/h5-8,11-21,33H,1-2,9-10H2,3-4H3. The lowest BCUT2D eigenvalue weighted by molar-refractivity contribution is 0.987. The summed E-state index contributed by atoms with van der Waals surface area (Å²) < 4.78 is 0. The van der Waals surface area contributed by atoms with Gasteiger partial charge in [-0.1, -0.05) is 78.9 Å². The van der Waals surface area contributed by atoms with Crippen molar-refractivity contribution < 1.29 is 0 Å². The predicted molar refractivity (Wildman–Crippen MR) is 146 cm³/mol. The van der Waals surface area contributed by atoms with Crippen molar-refractivity contribution in [3.8, 4) is 11.1 Å². The Morgan fingerprint density at radius 2 is 1.53 bits per heavy atom. The van der Waals surface area contributed by atoms with Crippen LogP contribution in [0.25, 0.3) is 27.6 Å². The highest BCUT2D eigenvalue weighted by molar-refractivity contribution is 6.06. The molecular weight excluding hydrogens is 412 g/mol. The molecule has 4 aromatic rings. The molecule has 0 fully saturated rings. The third-order valence-corrected chi connectivity index (χ3v) is 6.42. The molecule has 0 saturated heterocycles. The Labute approximate surface area is 202 Å². The summed E-state index contributed by atoms with van der Waals surface area (Å²) in [7, 11) is 0. The van der Waals surface area contributed by atoms with E-state index in [-0.39, 0.29) is 6.04 Å². The van der Waals surface area contributed by atoms with Gasteiger partial charge in [0.1, 0.15) is 0 Å². The van der Waals surface area contributed by atoms with Crippen LogP contribution in [0.15, 0.2) is 98.1 Å². The van der Waals surface area contributed by atoms with Gasteiger partial charge in [-0.15, -0.1) is 13.2 Å². The van der Waals surface area contributed by atoms with Crippen LogP contribution in [-0.4, -0.2) is 11.0 Å². The minimum atomic E-state index is 0.206. The Morgan fingerprint density at radius 1 is 0.853 bits per heavy atom. The first kappa shape index (κ1) is 21.9. The van der Waals surface area contributed by atoms with E-state index in [9.17, 15) is 0 Å². The van der Waals surface area contributed by atoms with Gasteiger partial charge in [-0.3, -0.25) is 4.98 Å². The van der Waals surface area contributed by atoms with Crippen molar-refractivity contribution in [2.24, 2.45) is 0 Å². The van der Waals surface area contributed by atoms with E-state index in [1.165, 1.54) is 44.3 Å². The Morgan fingerprint density at radius 3 is 2.24 bits per heavy atom. The molecule has 168 valence electrons. The smallest absolute Gasteiger partial charge is 0.0949 e. The molecular formula is C32H30N2. The summed E-state index contributed by atoms with van der Waals surface area (Å²) in [5.41, 5.74) is 11.8. The van der Waals surface area contributed by atoms with Gasteiger partial charge in [-0.25, -0.2) is 0 Å². The lowest BCUT2D eigenvalue weighted by Crippen LogP contribution is -2.19. The summed E-state index contributed by atoms with van der Waals surface area (Å²) in [5.74, 6) is 0. The van der Waals surface area contributed by atoms with Crippen LogP contribution in [0.1, 0.15) is 34.9 Å². The second-order valence-electron chi connectivity index (χ2n) is 9.10. The van der Waals surface area contributed by atoms with Crippen molar-refractivity contribution in [2.45, 2.75) is 32.7 Å². The molecule has 2 heterocycles. The fourth-order valence-corrected chi connectivity index (χ4v) is 4.96. The van der Waals surface area contributed by atoms with Crippen LogP contribution in [-0.2, 0) is 12.8 Å². The van der Waals surface area contributed by atoms with Crippen LogP contribution in [0.4, 0.5) is 5.69 Å². The van der Waals surface area contributed by atoms with Crippen molar-refractivity contribution in [3.05, 3.63) is 126 Å². The minimum Gasteiger partial charge on any atom is -0.377 e. The number of nitrogens with one attached hydrogen (secondary N) is 1. The number of allylic oxidation sites excluding steroid dienone is 2. The quantitative estimate of drug-likeness (QED) is 0.307. The van der Waals surface area contributed by atoms with E-state index in [1.54, 1.807) is 0 Å². The molecule has 0 bridgehead atoms. The van der Waals surface area contributed by atoms with Crippen molar-refractivity contribution in [1.82, 2.24) is 4.98 Å². The van der Waals surface area contributed by atoms with Gasteiger partial charge in [0.05, 0.1) is 11.2 Å². The van der Waals surface area contributed by atoms with Gasteiger partial charge in [0.15, 0.2) is 0 Å². The van der Waals surface area contributed by atoms with Gasteiger partial charge in [-0.2, -0.15) is 0 Å². The SMILES string of the molecule is C=CCc1cccc(C2=CC(C)Nc3c2ccc2c(-c4cccc(CC=C)c4)cc(C)nc32)c1. The molecule has 1 aliphatic heterocycles. The molecule has 0 saturated carbocycles. The lowest BCUT2D eigenvalue weighted by atomic mass is 9.88. The van der Waals surface area contributed by atoms with Gasteiger partial charge >= 0.3 is 0 Å². The molecule has 1 N–H and O–H groups in total. The zero-order valence-corrected chi connectivity index (χ0v) is 19.9. The maximum absolute atomic E-state index is 5.02. The van der Waals surface area contributed by atoms with Crippen LogP contribution >= 0.6 is 0 Å². The number of hydrogen-bond donors (Lipinski definition) is 1. The minimum absolute atomic E-state index is 0.206. The lowest BCUT2D eigenvalue weighted by Gasteiger charge is -2.26. The van der Waals surface area contributed by atoms with Crippen molar-refractivity contribution in [2.75, 3.05) is 5.32 Å². The number of hydrogen-bond acceptors (Lipinski definition) is 2. The molecule has 34 heavy (non-hydrogen) atoms. The average Bonchev–Trinajstić information content (AvgIpc) is 2.84. The number of aromatic nitrogens is 1. The average molecular weight is 443 g/mol. The van der Waals surface area contributed by atoms with Crippen LogP contribution in [0.5, 0.6) is 0 Å². The molecule has 1 aromatic heterocycles. The molecule has 0 spiro atoms. The second kappa shape index (κ2) is 9.15. The first-order valence-corrected chi connectivity index (χ1v) is 11.9. The Bertz CT molecular complexity index is 1440. The van der Waals surface area contributed by atoms with Crippen LogP contribution in [0.2, 0.25) is 0 Å². The highest BCUT2D eigenvalue weighted by Gasteiger charge is 2.22. The molecule has 2 nitrogen and oxygen atoms in total. The van der Waals surface area contributed by atoms with Crippen molar-refractivity contribution in [3.63, 3.8) is 0 Å². The van der Waals surface area contributed by atoms with E-state index >= 15 is 0 Å². The van der Waals surface area contributed by atoms with E-state index in [1.807, 2.05) is 12.2 Å². The van der Waals surface area contributed by atoms with E-state index in [4.69, 9.17) is 4.98 Å². The highest BCUT2D eigenvalue weighted by Crippen LogP contribution is 2.41. The van der Waals surface area contributed by atoms with Crippen LogP contribution < -0.4 is 5.32 Å². The van der Waals surface area contributed by atoms with E-state index in [2.05, 4.69) is 105 Å². The zero-order valence-electron chi connectivity index (χ0n) is 19.9. The Hall–Kier alpha value is -3.91. The molecule has 0 aliphatic carbocycles. The van der Waals surface area contributed by atoms with Crippen molar-refractivity contribution in [1.29, 1.82) is 0 Å². The van der Waals surface area contributed by atoms with E-state index in [0.29, 0.717) is 0 Å². The highest BCUT2D eigenvalue weighted by atomic mass is 14.9. The number of benzene rings is 3. The maximum atomic E-state index is 5.02.